The zero-order valence-electron chi connectivity index (χ0n) is 13.4. The van der Waals surface area contributed by atoms with Gasteiger partial charge in [0, 0.05) is 42.2 Å². The molecule has 1 aliphatic heterocycles. The molecular formula is C19H26N2O. The van der Waals surface area contributed by atoms with Gasteiger partial charge in [0.05, 0.1) is 0 Å². The highest BCUT2D eigenvalue weighted by Gasteiger charge is 2.40. The van der Waals surface area contributed by atoms with Crippen molar-refractivity contribution in [2.24, 2.45) is 5.92 Å². The smallest absolute Gasteiger partial charge is 0.0471 e. The topological polar surface area (TPSA) is 39.3 Å². The number of hydrogen-bond acceptors (Lipinski definition) is 2. The van der Waals surface area contributed by atoms with Crippen molar-refractivity contribution in [3.05, 3.63) is 35.5 Å². The van der Waals surface area contributed by atoms with Crippen molar-refractivity contribution in [2.75, 3.05) is 19.7 Å². The van der Waals surface area contributed by atoms with Crippen molar-refractivity contribution >= 4 is 10.9 Å². The lowest BCUT2D eigenvalue weighted by Crippen LogP contribution is -2.50. The molecule has 1 aliphatic carbocycles. The summed E-state index contributed by atoms with van der Waals surface area (Å²) in [5, 5.41) is 11.2. The molecule has 1 fully saturated rings. The second-order valence-electron chi connectivity index (χ2n) is 7.09. The molecule has 3 heteroatoms. The summed E-state index contributed by atoms with van der Waals surface area (Å²) >= 11 is 0. The van der Waals surface area contributed by atoms with Crippen LogP contribution >= 0.6 is 0 Å². The molecule has 0 saturated carbocycles. The maximum Gasteiger partial charge on any atom is 0.0471 e. The number of aromatic amines is 1. The van der Waals surface area contributed by atoms with Gasteiger partial charge in [0.1, 0.15) is 0 Å². The average Bonchev–Trinajstić information content (AvgIpc) is 2.97. The molecule has 2 N–H and O–H groups in total. The quantitative estimate of drug-likeness (QED) is 0.909. The van der Waals surface area contributed by atoms with Gasteiger partial charge < -0.3 is 10.1 Å². The minimum Gasteiger partial charge on any atom is -0.396 e. The lowest BCUT2D eigenvalue weighted by Gasteiger charge is -2.47. The monoisotopic (exact) mass is 298 g/mol. The fourth-order valence-electron chi connectivity index (χ4n) is 4.65. The molecule has 3 atom stereocenters. The summed E-state index contributed by atoms with van der Waals surface area (Å²) in [5.74, 6) is 1.00. The van der Waals surface area contributed by atoms with Crippen LogP contribution in [0.2, 0.25) is 0 Å². The van der Waals surface area contributed by atoms with Crippen LogP contribution in [0.5, 0.6) is 0 Å². The summed E-state index contributed by atoms with van der Waals surface area (Å²) in [6.45, 7) is 4.82. The zero-order chi connectivity index (χ0) is 15.1. The van der Waals surface area contributed by atoms with Crippen LogP contribution in [0.3, 0.4) is 0 Å². The van der Waals surface area contributed by atoms with E-state index in [0.29, 0.717) is 24.5 Å². The molecule has 118 valence electrons. The second-order valence-corrected chi connectivity index (χ2v) is 7.09. The van der Waals surface area contributed by atoms with Crippen LogP contribution in [0.1, 0.15) is 43.2 Å². The minimum atomic E-state index is 0.321. The lowest BCUT2D eigenvalue weighted by atomic mass is 9.72. The Balaban J connectivity index is 1.74. The number of fused-ring (bicyclic) bond motifs is 2. The molecule has 1 aromatic heterocycles. The first-order valence-electron chi connectivity index (χ1n) is 8.75. The fourth-order valence-corrected chi connectivity index (χ4v) is 4.65. The highest BCUT2D eigenvalue weighted by molar-refractivity contribution is 5.88. The third-order valence-corrected chi connectivity index (χ3v) is 5.72. The molecule has 1 saturated heterocycles. The largest absolute Gasteiger partial charge is 0.396 e. The first kappa shape index (κ1) is 14.3. The number of nitrogens with zero attached hydrogens (tertiary/aromatic N) is 1. The molecule has 4 rings (SSSR count). The number of aliphatic hydroxyl groups excluding tert-OH is 1. The number of hydrogen-bond donors (Lipinski definition) is 2. The molecule has 0 radical (unpaired) electrons. The lowest BCUT2D eigenvalue weighted by molar-refractivity contribution is 0.0561. The van der Waals surface area contributed by atoms with Crippen LogP contribution in [0, 0.1) is 5.92 Å². The van der Waals surface area contributed by atoms with E-state index < -0.39 is 0 Å². The van der Waals surface area contributed by atoms with E-state index in [1.807, 2.05) is 0 Å². The van der Waals surface area contributed by atoms with E-state index >= 15 is 0 Å². The van der Waals surface area contributed by atoms with Crippen LogP contribution in [-0.4, -0.2) is 40.7 Å². The van der Waals surface area contributed by atoms with Crippen molar-refractivity contribution in [1.82, 2.24) is 9.88 Å². The first-order valence-corrected chi connectivity index (χ1v) is 8.75. The standard InChI is InChI=1S/C19H26N2O/c1-2-3-7-21-11-13(12-22)8-16-15-5-4-6-17-19(15)14(10-20-17)9-18(16)21/h4-6,10,13,16,18,20,22H,2-3,7-9,11-12H2,1H3/t13-,16-,18-/m1/s1. The predicted octanol–water partition coefficient (Wildman–Crippen LogP) is 3.29. The van der Waals surface area contributed by atoms with Gasteiger partial charge in [-0.15, -0.1) is 0 Å². The van der Waals surface area contributed by atoms with Crippen LogP contribution < -0.4 is 0 Å². The van der Waals surface area contributed by atoms with Crippen LogP contribution in [0.15, 0.2) is 24.4 Å². The Labute approximate surface area is 132 Å². The number of aliphatic hydroxyl groups is 1. The Morgan fingerprint density at radius 2 is 2.27 bits per heavy atom. The number of H-pyrrole nitrogens is 1. The van der Waals surface area contributed by atoms with Crippen molar-refractivity contribution in [3.8, 4) is 0 Å². The van der Waals surface area contributed by atoms with Crippen LogP contribution in [0.4, 0.5) is 0 Å². The van der Waals surface area contributed by atoms with Crippen molar-refractivity contribution in [1.29, 1.82) is 0 Å². The molecule has 0 spiro atoms. The van der Waals surface area contributed by atoms with Gasteiger partial charge in [0.15, 0.2) is 0 Å². The molecular weight excluding hydrogens is 272 g/mol. The van der Waals surface area contributed by atoms with Crippen LogP contribution in [-0.2, 0) is 6.42 Å². The maximum absolute atomic E-state index is 9.74. The highest BCUT2D eigenvalue weighted by atomic mass is 16.3. The average molecular weight is 298 g/mol. The first-order chi connectivity index (χ1) is 10.8. The van der Waals surface area contributed by atoms with Gasteiger partial charge >= 0.3 is 0 Å². The normalized spacial score (nSPS) is 28.0. The SMILES string of the molecule is CCCCN1C[C@H](CO)C[C@@H]2c3cccc4[nH]cc(c34)C[C@H]21. The van der Waals surface area contributed by atoms with E-state index in [1.165, 1.54) is 41.4 Å². The van der Waals surface area contributed by atoms with E-state index in [-0.39, 0.29) is 0 Å². The number of unbranched alkanes of at least 4 members (excludes halogenated alkanes) is 1. The van der Waals surface area contributed by atoms with Gasteiger partial charge in [-0.25, -0.2) is 0 Å². The fraction of sp³-hybridized carbons (Fsp3) is 0.579. The van der Waals surface area contributed by atoms with Crippen LogP contribution in [0.25, 0.3) is 10.9 Å². The summed E-state index contributed by atoms with van der Waals surface area (Å²) in [5.41, 5.74) is 4.26. The van der Waals surface area contributed by atoms with E-state index in [4.69, 9.17) is 0 Å². The van der Waals surface area contributed by atoms with E-state index in [1.54, 1.807) is 0 Å². The third-order valence-electron chi connectivity index (χ3n) is 5.72. The molecule has 22 heavy (non-hydrogen) atoms. The number of benzene rings is 1. The Morgan fingerprint density at radius 3 is 3.09 bits per heavy atom. The Kier molecular flexibility index (Phi) is 3.71. The summed E-state index contributed by atoms with van der Waals surface area (Å²) < 4.78 is 0. The number of nitrogens with one attached hydrogen (secondary N) is 1. The van der Waals surface area contributed by atoms with E-state index in [9.17, 15) is 5.11 Å². The van der Waals surface area contributed by atoms with Crippen molar-refractivity contribution in [3.63, 3.8) is 0 Å². The van der Waals surface area contributed by atoms with Gasteiger partial charge in [0.25, 0.3) is 0 Å². The predicted molar refractivity (Wildman–Crippen MR) is 90.2 cm³/mol. The summed E-state index contributed by atoms with van der Waals surface area (Å²) in [6.07, 6.45) is 6.99. The van der Waals surface area contributed by atoms with Gasteiger partial charge in [-0.3, -0.25) is 4.90 Å². The van der Waals surface area contributed by atoms with E-state index in [2.05, 4.69) is 41.2 Å². The van der Waals surface area contributed by atoms with Gasteiger partial charge in [-0.05, 0) is 48.9 Å². The van der Waals surface area contributed by atoms with Gasteiger partial charge in [0.2, 0.25) is 0 Å². The van der Waals surface area contributed by atoms with Crippen molar-refractivity contribution in [2.45, 2.75) is 44.6 Å². The molecule has 0 unspecified atom stereocenters. The Morgan fingerprint density at radius 1 is 1.36 bits per heavy atom. The molecule has 0 amide bonds. The molecule has 3 nitrogen and oxygen atoms in total. The van der Waals surface area contributed by atoms with Crippen molar-refractivity contribution < 1.29 is 5.11 Å². The summed E-state index contributed by atoms with van der Waals surface area (Å²) in [7, 11) is 0. The summed E-state index contributed by atoms with van der Waals surface area (Å²) in [6, 6.07) is 7.29. The zero-order valence-corrected chi connectivity index (χ0v) is 13.4. The number of piperidine rings is 1. The molecule has 1 aromatic carbocycles. The number of aromatic nitrogens is 1. The summed E-state index contributed by atoms with van der Waals surface area (Å²) in [4.78, 5) is 6.10. The Bertz CT molecular complexity index is 662. The third kappa shape index (κ3) is 2.19. The number of likely N-dealkylation sites (tertiary alicyclic amines) is 1. The Hall–Kier alpha value is -1.32. The molecule has 2 heterocycles. The highest BCUT2D eigenvalue weighted by Crippen LogP contribution is 2.44. The number of rotatable bonds is 4. The van der Waals surface area contributed by atoms with Gasteiger partial charge in [-0.1, -0.05) is 25.5 Å². The molecule has 2 aliphatic rings. The van der Waals surface area contributed by atoms with E-state index in [0.717, 1.165) is 19.4 Å². The maximum atomic E-state index is 9.74. The second kappa shape index (κ2) is 5.71. The molecule has 0 bridgehead atoms. The molecule has 2 aromatic rings. The van der Waals surface area contributed by atoms with Gasteiger partial charge in [-0.2, -0.15) is 0 Å². The minimum absolute atomic E-state index is 0.321.